The number of hydrazine groups is 1. The summed E-state index contributed by atoms with van der Waals surface area (Å²) in [6.07, 6.45) is 0. The lowest BCUT2D eigenvalue weighted by atomic mass is 10.2. The summed E-state index contributed by atoms with van der Waals surface area (Å²) in [5.41, 5.74) is 5.43. The van der Waals surface area contributed by atoms with Gasteiger partial charge in [-0.3, -0.25) is 20.4 Å². The molecule has 0 aliphatic heterocycles. The zero-order valence-corrected chi connectivity index (χ0v) is 10.7. The third kappa shape index (κ3) is 3.32. The van der Waals surface area contributed by atoms with Crippen molar-refractivity contribution >= 4 is 23.4 Å². The molecule has 98 valence electrons. The zero-order chi connectivity index (χ0) is 13.8. The standard InChI is InChI=1S/C12H10ClN3O3/c1-7-6-10(19-16-7)12(18)15-14-11(17)8-2-4-9(13)5-3-8/h2-6H,1H3,(H,14,17)(H,15,18). The lowest BCUT2D eigenvalue weighted by Crippen LogP contribution is -2.41. The third-order valence-corrected chi connectivity index (χ3v) is 2.50. The summed E-state index contributed by atoms with van der Waals surface area (Å²) in [7, 11) is 0. The second kappa shape index (κ2) is 5.53. The molecule has 0 spiro atoms. The molecule has 2 N–H and O–H groups in total. The number of amides is 2. The predicted molar refractivity (Wildman–Crippen MR) is 67.6 cm³/mol. The predicted octanol–water partition coefficient (Wildman–Crippen LogP) is 1.71. The van der Waals surface area contributed by atoms with E-state index >= 15 is 0 Å². The van der Waals surface area contributed by atoms with Gasteiger partial charge >= 0.3 is 5.91 Å². The molecule has 0 aliphatic rings. The Morgan fingerprint density at radius 2 is 1.79 bits per heavy atom. The fourth-order valence-corrected chi connectivity index (χ4v) is 1.45. The Bertz CT molecular complexity index is 607. The number of nitrogens with zero attached hydrogens (tertiary/aromatic N) is 1. The Morgan fingerprint density at radius 1 is 1.16 bits per heavy atom. The molecule has 1 aromatic carbocycles. The van der Waals surface area contributed by atoms with Crippen LogP contribution in [0.25, 0.3) is 0 Å². The highest BCUT2D eigenvalue weighted by molar-refractivity contribution is 6.30. The number of aryl methyl sites for hydroxylation is 1. The molecule has 2 rings (SSSR count). The van der Waals surface area contributed by atoms with Crippen LogP contribution in [-0.4, -0.2) is 17.0 Å². The second-order valence-electron chi connectivity index (χ2n) is 3.75. The summed E-state index contributed by atoms with van der Waals surface area (Å²) in [6, 6.07) is 7.71. The molecule has 2 amide bonds. The van der Waals surface area contributed by atoms with Crippen LogP contribution in [0, 0.1) is 6.92 Å². The number of nitrogens with one attached hydrogen (secondary N) is 2. The van der Waals surface area contributed by atoms with Gasteiger partial charge in [0.1, 0.15) is 0 Å². The number of hydrogen-bond acceptors (Lipinski definition) is 4. The van der Waals surface area contributed by atoms with Crippen LogP contribution >= 0.6 is 11.6 Å². The fourth-order valence-electron chi connectivity index (χ4n) is 1.32. The molecular formula is C12H10ClN3O3. The molecule has 2 aromatic rings. The van der Waals surface area contributed by atoms with Gasteiger partial charge in [-0.1, -0.05) is 16.8 Å². The number of halogens is 1. The van der Waals surface area contributed by atoms with Gasteiger partial charge in [0.05, 0.1) is 5.69 Å². The largest absolute Gasteiger partial charge is 0.351 e. The molecule has 19 heavy (non-hydrogen) atoms. The van der Waals surface area contributed by atoms with Crippen LogP contribution in [-0.2, 0) is 0 Å². The molecule has 0 radical (unpaired) electrons. The molecule has 7 heteroatoms. The number of carbonyl (C=O) groups is 2. The minimum atomic E-state index is -0.581. The van der Waals surface area contributed by atoms with E-state index in [9.17, 15) is 9.59 Å². The normalized spacial score (nSPS) is 10.0. The first-order valence-corrected chi connectivity index (χ1v) is 5.73. The second-order valence-corrected chi connectivity index (χ2v) is 4.18. The SMILES string of the molecule is Cc1cc(C(=O)NNC(=O)c2ccc(Cl)cc2)on1. The van der Waals surface area contributed by atoms with Crippen LogP contribution in [0.3, 0.4) is 0 Å². The van der Waals surface area contributed by atoms with Gasteiger partial charge in [-0.15, -0.1) is 0 Å². The number of carbonyl (C=O) groups excluding carboxylic acids is 2. The third-order valence-electron chi connectivity index (χ3n) is 2.25. The van der Waals surface area contributed by atoms with E-state index in [-0.39, 0.29) is 5.76 Å². The summed E-state index contributed by atoms with van der Waals surface area (Å²) >= 11 is 5.71. The first-order valence-electron chi connectivity index (χ1n) is 5.36. The summed E-state index contributed by atoms with van der Waals surface area (Å²) in [5, 5.41) is 4.10. The average molecular weight is 280 g/mol. The Labute approximate surface area is 113 Å². The molecular weight excluding hydrogens is 270 g/mol. The topological polar surface area (TPSA) is 84.2 Å². The fraction of sp³-hybridized carbons (Fsp3) is 0.0833. The lowest BCUT2D eigenvalue weighted by Gasteiger charge is -2.05. The van der Waals surface area contributed by atoms with Crippen LogP contribution in [0.1, 0.15) is 26.6 Å². The van der Waals surface area contributed by atoms with Crippen molar-refractivity contribution in [3.63, 3.8) is 0 Å². The van der Waals surface area contributed by atoms with Gasteiger partial charge in [0, 0.05) is 16.7 Å². The van der Waals surface area contributed by atoms with Crippen molar-refractivity contribution < 1.29 is 14.1 Å². The highest BCUT2D eigenvalue weighted by Crippen LogP contribution is 2.09. The van der Waals surface area contributed by atoms with Gasteiger partial charge in [0.25, 0.3) is 5.91 Å². The summed E-state index contributed by atoms with van der Waals surface area (Å²) in [6.45, 7) is 1.69. The molecule has 0 bridgehead atoms. The minimum absolute atomic E-state index is 0.0221. The number of rotatable bonds is 2. The molecule has 0 saturated carbocycles. The molecule has 1 aromatic heterocycles. The summed E-state index contributed by atoms with van der Waals surface area (Å²) < 4.78 is 4.75. The van der Waals surface area contributed by atoms with Crippen LogP contribution in [0.2, 0.25) is 5.02 Å². The van der Waals surface area contributed by atoms with Crippen LogP contribution in [0.15, 0.2) is 34.9 Å². The van der Waals surface area contributed by atoms with Gasteiger partial charge in [-0.2, -0.15) is 0 Å². The molecule has 0 unspecified atom stereocenters. The van der Waals surface area contributed by atoms with Crippen molar-refractivity contribution in [3.8, 4) is 0 Å². The number of benzene rings is 1. The van der Waals surface area contributed by atoms with Crippen molar-refractivity contribution in [1.29, 1.82) is 0 Å². The Hall–Kier alpha value is -2.34. The first kappa shape index (κ1) is 13.1. The Balaban J connectivity index is 1.93. The van der Waals surface area contributed by atoms with E-state index in [1.165, 1.54) is 6.07 Å². The summed E-state index contributed by atoms with van der Waals surface area (Å²) in [5.74, 6) is -1.02. The van der Waals surface area contributed by atoms with Crippen LogP contribution in [0.4, 0.5) is 0 Å². The molecule has 6 nitrogen and oxygen atoms in total. The lowest BCUT2D eigenvalue weighted by molar-refractivity contribution is 0.0825. The average Bonchev–Trinajstić information content (AvgIpc) is 2.83. The molecule has 0 saturated heterocycles. The maximum absolute atomic E-state index is 11.7. The monoisotopic (exact) mass is 279 g/mol. The van der Waals surface area contributed by atoms with Crippen LogP contribution < -0.4 is 10.9 Å². The minimum Gasteiger partial charge on any atom is -0.351 e. The highest BCUT2D eigenvalue weighted by atomic mass is 35.5. The maximum atomic E-state index is 11.7. The van der Waals surface area contributed by atoms with Crippen molar-refractivity contribution in [3.05, 3.63) is 52.4 Å². The zero-order valence-electron chi connectivity index (χ0n) is 9.94. The molecule has 0 aliphatic carbocycles. The van der Waals surface area contributed by atoms with E-state index in [2.05, 4.69) is 16.0 Å². The van der Waals surface area contributed by atoms with Gasteiger partial charge in [0.2, 0.25) is 5.76 Å². The Kier molecular flexibility index (Phi) is 3.82. The van der Waals surface area contributed by atoms with Crippen molar-refractivity contribution in [1.82, 2.24) is 16.0 Å². The number of aromatic nitrogens is 1. The number of hydrogen-bond donors (Lipinski definition) is 2. The van der Waals surface area contributed by atoms with Crippen molar-refractivity contribution in [2.75, 3.05) is 0 Å². The van der Waals surface area contributed by atoms with Gasteiger partial charge in [-0.25, -0.2) is 0 Å². The molecule has 0 atom stereocenters. The van der Waals surface area contributed by atoms with E-state index in [4.69, 9.17) is 16.1 Å². The van der Waals surface area contributed by atoms with E-state index in [1.807, 2.05) is 0 Å². The van der Waals surface area contributed by atoms with Gasteiger partial charge in [-0.05, 0) is 31.2 Å². The van der Waals surface area contributed by atoms with E-state index in [0.717, 1.165) is 0 Å². The van der Waals surface area contributed by atoms with Gasteiger partial charge in [0.15, 0.2) is 0 Å². The van der Waals surface area contributed by atoms with Crippen molar-refractivity contribution in [2.45, 2.75) is 6.92 Å². The maximum Gasteiger partial charge on any atom is 0.308 e. The van der Waals surface area contributed by atoms with Gasteiger partial charge < -0.3 is 4.52 Å². The smallest absolute Gasteiger partial charge is 0.308 e. The molecule has 1 heterocycles. The van der Waals surface area contributed by atoms with E-state index in [1.54, 1.807) is 31.2 Å². The van der Waals surface area contributed by atoms with E-state index < -0.39 is 11.8 Å². The van der Waals surface area contributed by atoms with Crippen molar-refractivity contribution in [2.24, 2.45) is 0 Å². The van der Waals surface area contributed by atoms with Crippen LogP contribution in [0.5, 0.6) is 0 Å². The quantitative estimate of drug-likeness (QED) is 0.820. The first-order chi connectivity index (χ1) is 9.06. The summed E-state index contributed by atoms with van der Waals surface area (Å²) in [4.78, 5) is 23.2. The molecule has 0 fully saturated rings. The highest BCUT2D eigenvalue weighted by Gasteiger charge is 2.12. The Morgan fingerprint density at radius 3 is 2.37 bits per heavy atom. The van der Waals surface area contributed by atoms with E-state index in [0.29, 0.717) is 16.3 Å².